The molecule has 0 radical (unpaired) electrons. The van der Waals surface area contributed by atoms with Crippen molar-refractivity contribution in [3.05, 3.63) is 23.4 Å². The minimum absolute atomic E-state index is 0.175. The summed E-state index contributed by atoms with van der Waals surface area (Å²) in [4.78, 5) is 16.4. The summed E-state index contributed by atoms with van der Waals surface area (Å²) in [7, 11) is 0. The molecular weight excluding hydrogens is 258 g/mol. The third-order valence-electron chi connectivity index (χ3n) is 3.08. The fourth-order valence-electron chi connectivity index (χ4n) is 1.80. The van der Waals surface area contributed by atoms with Gasteiger partial charge < -0.3 is 11.1 Å². The Labute approximate surface area is 110 Å². The van der Waals surface area contributed by atoms with Crippen molar-refractivity contribution in [2.75, 3.05) is 5.32 Å². The summed E-state index contributed by atoms with van der Waals surface area (Å²) in [5, 5.41) is 3.24. The van der Waals surface area contributed by atoms with E-state index in [0.29, 0.717) is 23.7 Å². The van der Waals surface area contributed by atoms with E-state index >= 15 is 0 Å². The highest BCUT2D eigenvalue weighted by Crippen LogP contribution is 2.42. The van der Waals surface area contributed by atoms with Crippen LogP contribution in [0.3, 0.4) is 0 Å². The molecule has 0 aromatic carbocycles. The van der Waals surface area contributed by atoms with E-state index in [1.165, 1.54) is 6.20 Å². The van der Waals surface area contributed by atoms with E-state index in [2.05, 4.69) is 10.3 Å². The maximum atomic E-state index is 12.1. The molecule has 1 saturated carbocycles. The normalized spacial score (nSPS) is 17.0. The van der Waals surface area contributed by atoms with Crippen molar-refractivity contribution in [3.63, 3.8) is 0 Å². The number of pyridine rings is 1. The van der Waals surface area contributed by atoms with Crippen LogP contribution >= 0.6 is 23.8 Å². The Kier molecular flexibility index (Phi) is 3.31. The molecule has 90 valence electrons. The summed E-state index contributed by atoms with van der Waals surface area (Å²) in [5.74, 6) is 0.285. The molecular formula is C11H12ClN3OS. The Hall–Kier alpha value is -1.20. The molecule has 1 fully saturated rings. The molecule has 1 aromatic heterocycles. The van der Waals surface area contributed by atoms with Gasteiger partial charge in [0.2, 0.25) is 5.91 Å². The van der Waals surface area contributed by atoms with Crippen LogP contribution in [-0.4, -0.2) is 15.9 Å². The number of rotatable bonds is 3. The molecule has 1 amide bonds. The largest absolute Gasteiger partial charge is 0.392 e. The van der Waals surface area contributed by atoms with Gasteiger partial charge in [-0.25, -0.2) is 4.98 Å². The lowest BCUT2D eigenvalue weighted by molar-refractivity contribution is -0.125. The average molecular weight is 270 g/mol. The Morgan fingerprint density at radius 3 is 2.65 bits per heavy atom. The molecule has 0 bridgehead atoms. The number of amides is 1. The van der Waals surface area contributed by atoms with Crippen LogP contribution in [0.25, 0.3) is 0 Å². The Bertz CT molecular complexity index is 456. The van der Waals surface area contributed by atoms with Crippen molar-refractivity contribution in [1.29, 1.82) is 0 Å². The van der Waals surface area contributed by atoms with Gasteiger partial charge in [0.25, 0.3) is 0 Å². The molecule has 4 nitrogen and oxygen atoms in total. The van der Waals surface area contributed by atoms with Gasteiger partial charge >= 0.3 is 0 Å². The van der Waals surface area contributed by atoms with Gasteiger partial charge in [-0.15, -0.1) is 0 Å². The van der Waals surface area contributed by atoms with Crippen LogP contribution in [0.1, 0.15) is 19.3 Å². The summed E-state index contributed by atoms with van der Waals surface area (Å²) in [5.41, 5.74) is 4.96. The SMILES string of the molecule is NC(=S)C1(C(=O)Nc2ccc(Cl)cn2)CCC1. The highest BCUT2D eigenvalue weighted by Gasteiger charge is 2.47. The molecule has 0 unspecified atom stereocenters. The summed E-state index contributed by atoms with van der Waals surface area (Å²) < 4.78 is 0. The van der Waals surface area contributed by atoms with E-state index in [4.69, 9.17) is 29.6 Å². The molecule has 0 atom stereocenters. The highest BCUT2D eigenvalue weighted by atomic mass is 35.5. The number of hydrogen-bond acceptors (Lipinski definition) is 3. The number of anilines is 1. The van der Waals surface area contributed by atoms with Crippen LogP contribution in [0.4, 0.5) is 5.82 Å². The maximum absolute atomic E-state index is 12.1. The predicted octanol–water partition coefficient (Wildman–Crippen LogP) is 2.13. The molecule has 0 spiro atoms. The predicted molar refractivity (Wildman–Crippen MR) is 70.9 cm³/mol. The van der Waals surface area contributed by atoms with Crippen LogP contribution in [0.15, 0.2) is 18.3 Å². The standard InChI is InChI=1S/C11H12ClN3OS/c12-7-2-3-8(14-6-7)15-10(16)11(9(13)17)4-1-5-11/h2-3,6H,1,4-5H2,(H2,13,17)(H,14,15,16). The molecule has 3 N–H and O–H groups in total. The first-order chi connectivity index (χ1) is 8.04. The number of nitrogens with two attached hydrogens (primary N) is 1. The number of aromatic nitrogens is 1. The van der Waals surface area contributed by atoms with E-state index < -0.39 is 5.41 Å². The maximum Gasteiger partial charge on any atom is 0.238 e. The zero-order valence-electron chi connectivity index (χ0n) is 9.07. The lowest BCUT2D eigenvalue weighted by atomic mass is 9.68. The first-order valence-electron chi connectivity index (χ1n) is 5.27. The minimum atomic E-state index is -0.684. The molecule has 6 heteroatoms. The summed E-state index contributed by atoms with van der Waals surface area (Å²) >= 11 is 10.7. The summed E-state index contributed by atoms with van der Waals surface area (Å²) in [6.07, 6.45) is 3.87. The first-order valence-corrected chi connectivity index (χ1v) is 6.06. The third-order valence-corrected chi connectivity index (χ3v) is 3.70. The fourth-order valence-corrected chi connectivity index (χ4v) is 2.21. The summed E-state index contributed by atoms with van der Waals surface area (Å²) in [6, 6.07) is 3.31. The Morgan fingerprint density at radius 1 is 1.53 bits per heavy atom. The molecule has 1 aliphatic carbocycles. The van der Waals surface area contributed by atoms with E-state index in [9.17, 15) is 4.79 Å². The van der Waals surface area contributed by atoms with E-state index in [1.54, 1.807) is 12.1 Å². The number of nitrogens with zero attached hydrogens (tertiary/aromatic N) is 1. The zero-order valence-corrected chi connectivity index (χ0v) is 10.6. The third kappa shape index (κ3) is 2.25. The Morgan fingerprint density at radius 2 is 2.24 bits per heavy atom. The molecule has 2 rings (SSSR count). The number of nitrogens with one attached hydrogen (secondary N) is 1. The van der Waals surface area contributed by atoms with Crippen molar-refractivity contribution in [1.82, 2.24) is 4.98 Å². The quantitative estimate of drug-likeness (QED) is 0.825. The lowest BCUT2D eigenvalue weighted by Crippen LogP contribution is -2.50. The van der Waals surface area contributed by atoms with Gasteiger partial charge in [0.1, 0.15) is 5.82 Å². The van der Waals surface area contributed by atoms with Gasteiger partial charge in [0, 0.05) is 6.20 Å². The van der Waals surface area contributed by atoms with Gasteiger partial charge in [0.05, 0.1) is 15.4 Å². The van der Waals surface area contributed by atoms with Crippen molar-refractivity contribution in [2.24, 2.45) is 11.1 Å². The first kappa shape index (κ1) is 12.3. The number of halogens is 1. The van der Waals surface area contributed by atoms with E-state index in [0.717, 1.165) is 6.42 Å². The number of carbonyl (C=O) groups is 1. The lowest BCUT2D eigenvalue weighted by Gasteiger charge is -2.38. The molecule has 1 aliphatic rings. The minimum Gasteiger partial charge on any atom is -0.392 e. The van der Waals surface area contributed by atoms with E-state index in [-0.39, 0.29) is 10.9 Å². The van der Waals surface area contributed by atoms with Crippen molar-refractivity contribution < 1.29 is 4.79 Å². The number of thiocarbonyl (C=S) groups is 1. The molecule has 17 heavy (non-hydrogen) atoms. The molecule has 1 aromatic rings. The number of hydrogen-bond donors (Lipinski definition) is 2. The van der Waals surface area contributed by atoms with Crippen LogP contribution in [0.2, 0.25) is 5.02 Å². The molecule has 0 saturated heterocycles. The second kappa shape index (κ2) is 4.58. The zero-order chi connectivity index (χ0) is 12.5. The molecule has 1 heterocycles. The molecule has 0 aliphatic heterocycles. The average Bonchev–Trinajstić information content (AvgIpc) is 2.19. The second-order valence-corrected chi connectivity index (χ2v) is 4.99. The monoisotopic (exact) mass is 269 g/mol. The van der Waals surface area contributed by atoms with Gasteiger partial charge in [-0.3, -0.25) is 4.79 Å². The van der Waals surface area contributed by atoms with Crippen LogP contribution in [0.5, 0.6) is 0 Å². The number of carbonyl (C=O) groups excluding carboxylic acids is 1. The van der Waals surface area contributed by atoms with E-state index in [1.807, 2.05) is 0 Å². The van der Waals surface area contributed by atoms with Crippen LogP contribution < -0.4 is 11.1 Å². The topological polar surface area (TPSA) is 68.0 Å². The van der Waals surface area contributed by atoms with Gasteiger partial charge in [-0.1, -0.05) is 30.2 Å². The van der Waals surface area contributed by atoms with Crippen LogP contribution in [-0.2, 0) is 4.79 Å². The fraction of sp³-hybridized carbons (Fsp3) is 0.364. The van der Waals surface area contributed by atoms with Crippen LogP contribution in [0, 0.1) is 5.41 Å². The highest BCUT2D eigenvalue weighted by molar-refractivity contribution is 7.80. The van der Waals surface area contributed by atoms with Gasteiger partial charge in [-0.2, -0.15) is 0 Å². The van der Waals surface area contributed by atoms with Gasteiger partial charge in [0.15, 0.2) is 0 Å². The second-order valence-electron chi connectivity index (χ2n) is 4.12. The van der Waals surface area contributed by atoms with Crippen molar-refractivity contribution >= 4 is 40.5 Å². The summed E-state index contributed by atoms with van der Waals surface area (Å²) in [6.45, 7) is 0. The van der Waals surface area contributed by atoms with Gasteiger partial charge in [-0.05, 0) is 25.0 Å². The van der Waals surface area contributed by atoms with Crippen molar-refractivity contribution in [3.8, 4) is 0 Å². The smallest absolute Gasteiger partial charge is 0.238 e. The van der Waals surface area contributed by atoms with Crippen molar-refractivity contribution in [2.45, 2.75) is 19.3 Å². The Balaban J connectivity index is 2.11.